The number of nitrogens with one attached hydrogen (secondary N) is 2. The minimum absolute atomic E-state index is 0.0361. The van der Waals surface area contributed by atoms with Crippen molar-refractivity contribution in [3.63, 3.8) is 0 Å². The standard InChI is InChI=1S/C22H21FN6O5/c1-9-8-29-15-11(6-12-14(18-24-4-5-28(18)3)27-34-16(12)13(15)23)7-22(17(29)10(2)33-9)19(30)25-21(32)26-20(22)31/h4-6,9-10,17H,7-8H2,1-3H3,(H2,25,26,30,31,32). The molecule has 2 fully saturated rings. The van der Waals surface area contributed by atoms with Gasteiger partial charge in [0.25, 0.3) is 0 Å². The summed E-state index contributed by atoms with van der Waals surface area (Å²) < 4.78 is 29.1. The number of carbonyl (C=O) groups is 3. The molecule has 2 N–H and O–H groups in total. The summed E-state index contributed by atoms with van der Waals surface area (Å²) >= 11 is 0. The summed E-state index contributed by atoms with van der Waals surface area (Å²) in [5.74, 6) is -1.62. The highest BCUT2D eigenvalue weighted by Gasteiger charge is 2.63. The molecular formula is C22H21FN6O5. The third-order valence-corrected chi connectivity index (χ3v) is 7.00. The molecule has 6 rings (SSSR count). The van der Waals surface area contributed by atoms with Crippen LogP contribution in [0.5, 0.6) is 0 Å². The van der Waals surface area contributed by atoms with E-state index >= 15 is 4.39 Å². The fourth-order valence-corrected chi connectivity index (χ4v) is 5.70. The van der Waals surface area contributed by atoms with Gasteiger partial charge >= 0.3 is 6.03 Å². The van der Waals surface area contributed by atoms with Crippen LogP contribution >= 0.6 is 0 Å². The van der Waals surface area contributed by atoms with Gasteiger partial charge < -0.3 is 18.7 Å². The van der Waals surface area contributed by atoms with E-state index in [-0.39, 0.29) is 30.3 Å². The van der Waals surface area contributed by atoms with Gasteiger partial charge in [-0.2, -0.15) is 0 Å². The van der Waals surface area contributed by atoms with Crippen LogP contribution < -0.4 is 15.5 Å². The predicted molar refractivity (Wildman–Crippen MR) is 115 cm³/mol. The lowest BCUT2D eigenvalue weighted by molar-refractivity contribution is -0.153. The maximum Gasteiger partial charge on any atom is 0.328 e. The number of nitrogens with zero attached hydrogens (tertiary/aromatic N) is 4. The highest BCUT2D eigenvalue weighted by Crippen LogP contribution is 2.49. The van der Waals surface area contributed by atoms with Gasteiger partial charge in [0.05, 0.1) is 29.3 Å². The van der Waals surface area contributed by atoms with E-state index in [1.165, 1.54) is 0 Å². The van der Waals surface area contributed by atoms with Crippen LogP contribution in [0.2, 0.25) is 0 Å². The number of hydrogen-bond acceptors (Lipinski definition) is 8. The molecule has 5 heterocycles. The molecule has 3 aromatic rings. The Hall–Kier alpha value is -3.80. The van der Waals surface area contributed by atoms with Crippen molar-refractivity contribution in [2.24, 2.45) is 12.5 Å². The summed E-state index contributed by atoms with van der Waals surface area (Å²) in [5, 5.41) is 8.89. The van der Waals surface area contributed by atoms with Crippen LogP contribution in [0.15, 0.2) is 23.0 Å². The van der Waals surface area contributed by atoms with Crippen LogP contribution in [0.25, 0.3) is 22.5 Å². The fourth-order valence-electron chi connectivity index (χ4n) is 5.70. The van der Waals surface area contributed by atoms with Crippen LogP contribution in [-0.2, 0) is 27.8 Å². The molecule has 0 bridgehead atoms. The van der Waals surface area contributed by atoms with Gasteiger partial charge in [-0.15, -0.1) is 0 Å². The number of anilines is 1. The average molecular weight is 468 g/mol. The van der Waals surface area contributed by atoms with Crippen molar-refractivity contribution in [3.05, 3.63) is 29.8 Å². The highest BCUT2D eigenvalue weighted by molar-refractivity contribution is 6.20. The molecule has 3 unspecified atom stereocenters. The lowest BCUT2D eigenvalue weighted by atomic mass is 9.66. The van der Waals surface area contributed by atoms with Gasteiger partial charge in [0.15, 0.2) is 22.8 Å². The van der Waals surface area contributed by atoms with Gasteiger partial charge in [0.1, 0.15) is 0 Å². The van der Waals surface area contributed by atoms with E-state index in [2.05, 4.69) is 20.8 Å². The zero-order valence-electron chi connectivity index (χ0n) is 18.6. The van der Waals surface area contributed by atoms with Crippen molar-refractivity contribution in [2.75, 3.05) is 11.4 Å². The first kappa shape index (κ1) is 20.8. The van der Waals surface area contributed by atoms with E-state index < -0.39 is 41.2 Å². The van der Waals surface area contributed by atoms with Crippen molar-refractivity contribution in [1.29, 1.82) is 0 Å². The molecule has 0 aliphatic carbocycles. The van der Waals surface area contributed by atoms with Crippen LogP contribution in [0, 0.1) is 11.2 Å². The number of fused-ring (bicyclic) bond motifs is 5. The van der Waals surface area contributed by atoms with Crippen molar-refractivity contribution >= 4 is 34.5 Å². The number of hydrogen-bond donors (Lipinski definition) is 2. The van der Waals surface area contributed by atoms with Crippen molar-refractivity contribution in [3.8, 4) is 11.5 Å². The Morgan fingerprint density at radius 2 is 1.94 bits per heavy atom. The molecule has 176 valence electrons. The number of carbonyl (C=O) groups excluding carboxylic acids is 3. The molecule has 2 aromatic heterocycles. The number of ether oxygens (including phenoxy) is 1. The second-order valence-electron chi connectivity index (χ2n) is 9.10. The number of aryl methyl sites for hydroxylation is 1. The van der Waals surface area contributed by atoms with E-state index in [1.54, 1.807) is 41.9 Å². The molecule has 3 atom stereocenters. The number of rotatable bonds is 1. The Balaban J connectivity index is 1.61. The summed E-state index contributed by atoms with van der Waals surface area (Å²) in [6, 6.07) is -0.0322. The number of aromatic nitrogens is 3. The van der Waals surface area contributed by atoms with Crippen LogP contribution in [0.4, 0.5) is 14.9 Å². The number of urea groups is 1. The molecule has 0 saturated carbocycles. The third kappa shape index (κ3) is 2.56. The molecule has 2 saturated heterocycles. The molecule has 0 radical (unpaired) electrons. The average Bonchev–Trinajstić information content (AvgIpc) is 3.37. The Labute approximate surface area is 192 Å². The largest absolute Gasteiger partial charge is 0.372 e. The van der Waals surface area contributed by atoms with Crippen molar-refractivity contribution < 1.29 is 28.0 Å². The van der Waals surface area contributed by atoms with Gasteiger partial charge in [0.2, 0.25) is 17.4 Å². The zero-order chi connectivity index (χ0) is 23.9. The van der Waals surface area contributed by atoms with E-state index in [1.807, 2.05) is 6.92 Å². The fraction of sp³-hybridized carbons (Fsp3) is 0.409. The second kappa shape index (κ2) is 6.86. The van der Waals surface area contributed by atoms with Gasteiger partial charge in [-0.25, -0.2) is 14.2 Å². The van der Waals surface area contributed by atoms with E-state index in [4.69, 9.17) is 9.26 Å². The molecule has 3 aliphatic heterocycles. The second-order valence-corrected chi connectivity index (χ2v) is 9.10. The zero-order valence-corrected chi connectivity index (χ0v) is 18.6. The number of imide groups is 2. The summed E-state index contributed by atoms with van der Waals surface area (Å²) in [7, 11) is 1.78. The SMILES string of the molecule is CC1CN2c3c(cc4c(-c5nccn5C)noc4c3F)CC3(C(=O)NC(=O)NC3=O)C2C(C)O1. The number of barbiturate groups is 1. The summed E-state index contributed by atoms with van der Waals surface area (Å²) in [6.45, 7) is 3.81. The number of morpholine rings is 1. The molecular weight excluding hydrogens is 447 g/mol. The Morgan fingerprint density at radius 3 is 2.62 bits per heavy atom. The van der Waals surface area contributed by atoms with Crippen LogP contribution in [-0.4, -0.2) is 57.3 Å². The van der Waals surface area contributed by atoms with Crippen molar-refractivity contribution in [1.82, 2.24) is 25.3 Å². The molecule has 11 nitrogen and oxygen atoms in total. The predicted octanol–water partition coefficient (Wildman–Crippen LogP) is 1.26. The maximum absolute atomic E-state index is 16.0. The molecule has 34 heavy (non-hydrogen) atoms. The van der Waals surface area contributed by atoms with E-state index in [9.17, 15) is 14.4 Å². The molecule has 4 amide bonds. The minimum Gasteiger partial charge on any atom is -0.372 e. The normalized spacial score (nSPS) is 25.8. The first-order chi connectivity index (χ1) is 16.2. The monoisotopic (exact) mass is 468 g/mol. The van der Waals surface area contributed by atoms with E-state index in [0.717, 1.165) is 0 Å². The maximum atomic E-state index is 16.0. The number of halogens is 1. The van der Waals surface area contributed by atoms with Crippen LogP contribution in [0.3, 0.4) is 0 Å². The Kier molecular flexibility index (Phi) is 4.19. The van der Waals surface area contributed by atoms with Crippen LogP contribution in [0.1, 0.15) is 19.4 Å². The van der Waals surface area contributed by atoms with E-state index in [0.29, 0.717) is 22.5 Å². The summed E-state index contributed by atoms with van der Waals surface area (Å²) in [5.41, 5.74) is -0.713. The highest BCUT2D eigenvalue weighted by atomic mass is 19.1. The summed E-state index contributed by atoms with van der Waals surface area (Å²) in [6.07, 6.45) is 2.30. The van der Waals surface area contributed by atoms with Gasteiger partial charge in [-0.3, -0.25) is 20.2 Å². The smallest absolute Gasteiger partial charge is 0.328 e. The first-order valence-electron chi connectivity index (χ1n) is 10.9. The minimum atomic E-state index is -1.69. The first-order valence-corrected chi connectivity index (χ1v) is 10.9. The molecule has 3 aliphatic rings. The Bertz CT molecular complexity index is 1380. The lowest BCUT2D eigenvalue weighted by Gasteiger charge is -2.55. The van der Waals surface area contributed by atoms with Gasteiger partial charge in [-0.05, 0) is 25.5 Å². The molecule has 1 spiro atoms. The van der Waals surface area contributed by atoms with Crippen molar-refractivity contribution in [2.45, 2.75) is 38.5 Å². The number of amides is 4. The quantitative estimate of drug-likeness (QED) is 0.511. The van der Waals surface area contributed by atoms with Gasteiger partial charge in [-0.1, -0.05) is 5.16 Å². The molecule has 12 heteroatoms. The lowest BCUT2D eigenvalue weighted by Crippen LogP contribution is -2.75. The number of benzene rings is 1. The summed E-state index contributed by atoms with van der Waals surface area (Å²) in [4.78, 5) is 44.4. The Morgan fingerprint density at radius 1 is 1.21 bits per heavy atom. The molecule has 1 aromatic carbocycles. The topological polar surface area (TPSA) is 132 Å². The number of imidazole rings is 1. The van der Waals surface area contributed by atoms with Gasteiger partial charge in [0, 0.05) is 32.4 Å². The third-order valence-electron chi connectivity index (χ3n) is 7.00.